The van der Waals surface area contributed by atoms with Gasteiger partial charge in [-0.05, 0) is 97.3 Å². The van der Waals surface area contributed by atoms with Crippen molar-refractivity contribution in [3.05, 3.63) is 161 Å². The van der Waals surface area contributed by atoms with E-state index in [4.69, 9.17) is 14.0 Å². The van der Waals surface area contributed by atoms with Gasteiger partial charge in [0.2, 0.25) is 0 Å². The molecular weight excluding hydrogens is 678 g/mol. The molecule has 0 bridgehead atoms. The van der Waals surface area contributed by atoms with Crippen LogP contribution in [0.4, 0.5) is 4.39 Å². The molecule has 1 aliphatic heterocycles. The molecule has 54 heavy (non-hydrogen) atoms. The van der Waals surface area contributed by atoms with Gasteiger partial charge in [-0.2, -0.15) is 0 Å². The number of aryl methyl sites for hydroxylation is 2. The number of likely N-dealkylation sites (tertiary alicyclic amines) is 1. The van der Waals surface area contributed by atoms with Gasteiger partial charge in [0.15, 0.2) is 11.5 Å². The minimum Gasteiger partial charge on any atom is -0.488 e. The largest absolute Gasteiger partial charge is 0.488 e. The van der Waals surface area contributed by atoms with Crippen LogP contribution in [0.15, 0.2) is 126 Å². The summed E-state index contributed by atoms with van der Waals surface area (Å²) in [5.41, 5.74) is 7.44. The SMILES string of the molecule is CCNC(=O)c1noc(-c2cc(CCc3ccc(F)cc3)c(OCc3ccccc3)cc2OCc2ccccc2)c1-c1ccc(CN2CCCCC2)cc1. The predicted molar refractivity (Wildman–Crippen MR) is 210 cm³/mol. The standard InChI is InChI=1S/C46H46FN3O4/c1-2-48-46(51)44-43(37-21-17-34(18-22-37)30-50-26-10-5-11-27-50)45(54-49-44)40-28-38(23-16-33-19-24-39(47)25-20-33)41(52-31-35-12-6-3-7-13-35)29-42(40)53-32-36-14-8-4-9-15-36/h3-4,6-9,12-15,17-22,24-25,28-29H,2,5,10-11,16,23,26-27,30-32H2,1H3,(H,48,51). The number of hydrogen-bond donors (Lipinski definition) is 1. The van der Waals surface area contributed by atoms with Crippen molar-refractivity contribution in [2.24, 2.45) is 0 Å². The third kappa shape index (κ3) is 9.25. The minimum atomic E-state index is -0.314. The number of nitrogens with zero attached hydrogens (tertiary/aromatic N) is 2. The Labute approximate surface area is 316 Å². The summed E-state index contributed by atoms with van der Waals surface area (Å²) < 4.78 is 33.1. The van der Waals surface area contributed by atoms with E-state index in [0.29, 0.717) is 61.0 Å². The van der Waals surface area contributed by atoms with Crippen LogP contribution in [0.5, 0.6) is 11.5 Å². The number of rotatable bonds is 15. The Morgan fingerprint density at radius 2 is 1.37 bits per heavy atom. The van der Waals surface area contributed by atoms with Crippen molar-refractivity contribution in [2.75, 3.05) is 19.6 Å². The number of nitrogens with one attached hydrogen (secondary N) is 1. The molecule has 1 aromatic heterocycles. The molecule has 1 fully saturated rings. The summed E-state index contributed by atoms with van der Waals surface area (Å²) in [6, 6.07) is 38.9. The zero-order valence-electron chi connectivity index (χ0n) is 30.7. The number of hydrogen-bond acceptors (Lipinski definition) is 6. The van der Waals surface area contributed by atoms with Gasteiger partial charge in [0.1, 0.15) is 30.5 Å². The molecule has 1 N–H and O–H groups in total. The van der Waals surface area contributed by atoms with Crippen LogP contribution < -0.4 is 14.8 Å². The normalized spacial score (nSPS) is 13.1. The summed E-state index contributed by atoms with van der Waals surface area (Å²) in [6.45, 7) is 6.10. The Balaban J connectivity index is 1.32. The second-order valence-corrected chi connectivity index (χ2v) is 13.8. The minimum absolute atomic E-state index is 0.210. The highest BCUT2D eigenvalue weighted by Gasteiger charge is 2.28. The molecule has 0 spiro atoms. The molecule has 5 aromatic carbocycles. The number of aromatic nitrogens is 1. The van der Waals surface area contributed by atoms with Gasteiger partial charge in [0.25, 0.3) is 5.91 Å². The van der Waals surface area contributed by atoms with Crippen molar-refractivity contribution >= 4 is 5.91 Å². The number of benzene rings is 5. The van der Waals surface area contributed by atoms with E-state index in [0.717, 1.165) is 47.5 Å². The zero-order chi connectivity index (χ0) is 37.1. The van der Waals surface area contributed by atoms with E-state index in [1.165, 1.54) is 37.0 Å². The zero-order valence-corrected chi connectivity index (χ0v) is 30.7. The Hall–Kier alpha value is -5.73. The molecule has 276 valence electrons. The fraction of sp³-hybridized carbons (Fsp3) is 0.261. The first-order valence-corrected chi connectivity index (χ1v) is 18.9. The second-order valence-electron chi connectivity index (χ2n) is 13.8. The molecule has 0 saturated carbocycles. The molecule has 2 heterocycles. The van der Waals surface area contributed by atoms with Gasteiger partial charge in [0.05, 0.1) is 11.1 Å². The van der Waals surface area contributed by atoms with Gasteiger partial charge in [-0.25, -0.2) is 4.39 Å². The van der Waals surface area contributed by atoms with E-state index < -0.39 is 0 Å². The summed E-state index contributed by atoms with van der Waals surface area (Å²) in [5, 5.41) is 7.29. The fourth-order valence-electron chi connectivity index (χ4n) is 6.93. The first kappa shape index (κ1) is 36.6. The van der Waals surface area contributed by atoms with E-state index in [2.05, 4.69) is 39.6 Å². The van der Waals surface area contributed by atoms with Crippen LogP contribution in [0.25, 0.3) is 22.5 Å². The molecule has 1 saturated heterocycles. The summed E-state index contributed by atoms with van der Waals surface area (Å²) in [6.07, 6.45) is 5.00. The lowest BCUT2D eigenvalue weighted by Crippen LogP contribution is -2.29. The summed E-state index contributed by atoms with van der Waals surface area (Å²) in [7, 11) is 0. The number of carbonyl (C=O) groups excluding carboxylic acids is 1. The van der Waals surface area contributed by atoms with Gasteiger partial charge in [-0.3, -0.25) is 9.69 Å². The second kappa shape index (κ2) is 17.9. The average molecular weight is 724 g/mol. The topological polar surface area (TPSA) is 76.8 Å². The summed E-state index contributed by atoms with van der Waals surface area (Å²) >= 11 is 0. The summed E-state index contributed by atoms with van der Waals surface area (Å²) in [4.78, 5) is 16.0. The molecule has 0 aliphatic carbocycles. The van der Waals surface area contributed by atoms with Crippen LogP contribution in [0, 0.1) is 5.82 Å². The molecule has 7 nitrogen and oxygen atoms in total. The number of piperidine rings is 1. The number of carbonyl (C=O) groups is 1. The highest BCUT2D eigenvalue weighted by Crippen LogP contribution is 2.43. The molecule has 7 rings (SSSR count). The van der Waals surface area contributed by atoms with E-state index in [1.807, 2.05) is 79.7 Å². The number of ether oxygens (including phenoxy) is 2. The maximum absolute atomic E-state index is 13.8. The van der Waals surface area contributed by atoms with Gasteiger partial charge in [0, 0.05) is 19.2 Å². The highest BCUT2D eigenvalue weighted by atomic mass is 19.1. The Kier molecular flexibility index (Phi) is 12.1. The van der Waals surface area contributed by atoms with Crippen molar-refractivity contribution < 1.29 is 23.2 Å². The van der Waals surface area contributed by atoms with Crippen molar-refractivity contribution in [2.45, 2.75) is 58.8 Å². The first-order valence-electron chi connectivity index (χ1n) is 18.9. The maximum Gasteiger partial charge on any atom is 0.274 e. The molecule has 1 aliphatic rings. The van der Waals surface area contributed by atoms with Crippen LogP contribution in [0.3, 0.4) is 0 Å². The van der Waals surface area contributed by atoms with Gasteiger partial charge in [-0.1, -0.05) is 109 Å². The Morgan fingerprint density at radius 3 is 2.02 bits per heavy atom. The molecule has 0 unspecified atom stereocenters. The molecule has 0 radical (unpaired) electrons. The number of halogens is 1. The predicted octanol–water partition coefficient (Wildman–Crippen LogP) is 9.83. The van der Waals surface area contributed by atoms with Crippen LogP contribution in [-0.2, 0) is 32.6 Å². The van der Waals surface area contributed by atoms with E-state index >= 15 is 0 Å². The Bertz CT molecular complexity index is 2110. The molecule has 1 amide bonds. The lowest BCUT2D eigenvalue weighted by molar-refractivity contribution is 0.0947. The fourth-order valence-corrected chi connectivity index (χ4v) is 6.93. The molecular formula is C46H46FN3O4. The lowest BCUT2D eigenvalue weighted by Gasteiger charge is -2.26. The van der Waals surface area contributed by atoms with E-state index in [9.17, 15) is 9.18 Å². The van der Waals surface area contributed by atoms with Crippen molar-refractivity contribution in [3.8, 4) is 33.9 Å². The van der Waals surface area contributed by atoms with E-state index in [-0.39, 0.29) is 17.4 Å². The number of amides is 1. The van der Waals surface area contributed by atoms with Gasteiger partial charge in [-0.15, -0.1) is 0 Å². The third-order valence-corrected chi connectivity index (χ3v) is 9.82. The first-order chi connectivity index (χ1) is 26.5. The maximum atomic E-state index is 13.8. The van der Waals surface area contributed by atoms with Crippen molar-refractivity contribution in [1.82, 2.24) is 15.4 Å². The smallest absolute Gasteiger partial charge is 0.274 e. The Morgan fingerprint density at radius 1 is 0.741 bits per heavy atom. The highest BCUT2D eigenvalue weighted by molar-refractivity contribution is 6.02. The lowest BCUT2D eigenvalue weighted by atomic mass is 9.94. The van der Waals surface area contributed by atoms with Crippen LogP contribution in [0.1, 0.15) is 64.5 Å². The van der Waals surface area contributed by atoms with Crippen LogP contribution >= 0.6 is 0 Å². The van der Waals surface area contributed by atoms with Gasteiger partial charge < -0.3 is 19.3 Å². The van der Waals surface area contributed by atoms with Crippen LogP contribution in [-0.4, -0.2) is 35.6 Å². The van der Waals surface area contributed by atoms with Crippen molar-refractivity contribution in [3.63, 3.8) is 0 Å². The molecule has 8 heteroatoms. The molecule has 6 aromatic rings. The third-order valence-electron chi connectivity index (χ3n) is 9.82. The van der Waals surface area contributed by atoms with E-state index in [1.54, 1.807) is 12.1 Å². The van der Waals surface area contributed by atoms with Crippen LogP contribution in [0.2, 0.25) is 0 Å². The van der Waals surface area contributed by atoms with Crippen molar-refractivity contribution in [1.29, 1.82) is 0 Å². The van der Waals surface area contributed by atoms with Gasteiger partial charge >= 0.3 is 0 Å². The molecule has 0 atom stereocenters. The summed E-state index contributed by atoms with van der Waals surface area (Å²) in [5.74, 6) is 1.05. The monoisotopic (exact) mass is 723 g/mol. The average Bonchev–Trinajstić information content (AvgIpc) is 3.66. The quantitative estimate of drug-likeness (QED) is 0.114.